The highest BCUT2D eigenvalue weighted by Gasteiger charge is 2.35. The maximum Gasteiger partial charge on any atom is 0.136 e. The summed E-state index contributed by atoms with van der Waals surface area (Å²) in [6, 6.07) is 41.8. The molecule has 0 aliphatic heterocycles. The van der Waals surface area contributed by atoms with Crippen LogP contribution in [0.2, 0.25) is 0 Å². The van der Waals surface area contributed by atoms with Crippen molar-refractivity contribution in [2.75, 3.05) is 0 Å². The lowest BCUT2D eigenvalue weighted by atomic mass is 9.59. The van der Waals surface area contributed by atoms with Crippen molar-refractivity contribution in [2.24, 2.45) is 0 Å². The Morgan fingerprint density at radius 2 is 0.883 bits per heavy atom. The molecule has 1 aromatic heterocycles. The van der Waals surface area contributed by atoms with Gasteiger partial charge in [0, 0.05) is 16.2 Å². The minimum Gasteiger partial charge on any atom is -0.456 e. The Hall–Kier alpha value is -5.92. The second-order valence-corrected chi connectivity index (χ2v) is 16.5. The lowest BCUT2D eigenvalue weighted by molar-refractivity contribution is 0.660. The topological polar surface area (TPSA) is 13.1 Å². The third-order valence-electron chi connectivity index (χ3n) is 13.0. The summed E-state index contributed by atoms with van der Waals surface area (Å²) in [6.45, 7) is 4.55. The van der Waals surface area contributed by atoms with E-state index in [-0.39, 0.29) is 49.1 Å². The highest BCUT2D eigenvalue weighted by molar-refractivity contribution is 6.71. The lowest BCUT2D eigenvalue weighted by Crippen LogP contribution is -2.50. The molecule has 11 rings (SSSR count). The molecule has 0 saturated heterocycles. The first kappa shape index (κ1) is 37.1. The van der Waals surface area contributed by atoms with E-state index in [1.807, 2.05) is 42.5 Å². The first-order valence-corrected chi connectivity index (χ1v) is 19.8. The lowest BCUT2D eigenvalue weighted by Gasteiger charge is -2.29. The van der Waals surface area contributed by atoms with E-state index in [1.165, 1.54) is 22.3 Å². The average molecular weight is 741 g/mol. The third kappa shape index (κ3) is 4.99. The van der Waals surface area contributed by atoms with Crippen LogP contribution in [0.25, 0.3) is 98.8 Å². The summed E-state index contributed by atoms with van der Waals surface area (Å²) >= 11 is 0. The van der Waals surface area contributed by atoms with Gasteiger partial charge >= 0.3 is 0 Å². The highest BCUT2D eigenvalue weighted by atomic mass is 16.3. The summed E-state index contributed by atoms with van der Waals surface area (Å²) in [6.07, 6.45) is 0. The summed E-state index contributed by atoms with van der Waals surface area (Å²) in [5, 5.41) is 6.11. The fourth-order valence-electron chi connectivity index (χ4n) is 9.96. The molecule has 1 nitrogen and oxygen atoms in total. The average Bonchev–Trinajstić information content (AvgIpc) is 3.74. The van der Waals surface area contributed by atoms with Crippen LogP contribution >= 0.6 is 0 Å². The molecule has 1 aliphatic rings. The molecule has 0 N–H and O–H groups in total. The van der Waals surface area contributed by atoms with Gasteiger partial charge in [-0.1, -0.05) is 127 Å². The van der Waals surface area contributed by atoms with Crippen LogP contribution in [-0.4, -0.2) is 62.8 Å². The van der Waals surface area contributed by atoms with Crippen molar-refractivity contribution < 1.29 is 4.42 Å². The first-order valence-electron chi connectivity index (χ1n) is 19.8. The minimum atomic E-state index is -0.176. The van der Waals surface area contributed by atoms with Gasteiger partial charge in [-0.15, -0.1) is 21.9 Å². The normalized spacial score (nSPS) is 13.2. The van der Waals surface area contributed by atoms with Gasteiger partial charge in [-0.2, -0.15) is 0 Å². The monoisotopic (exact) mass is 742 g/mol. The maximum atomic E-state index is 7.15. The van der Waals surface area contributed by atoms with Crippen LogP contribution in [0.3, 0.4) is 0 Å². The molecule has 9 heteroatoms. The van der Waals surface area contributed by atoms with E-state index in [0.29, 0.717) is 38.3 Å². The van der Waals surface area contributed by atoms with Crippen LogP contribution < -0.4 is 43.7 Å². The van der Waals surface area contributed by atoms with E-state index in [9.17, 15) is 0 Å². The number of hydrogen-bond donors (Lipinski definition) is 0. The summed E-state index contributed by atoms with van der Waals surface area (Å²) in [4.78, 5) is 0. The first-order chi connectivity index (χ1) is 28.9. The van der Waals surface area contributed by atoms with Crippen molar-refractivity contribution in [2.45, 2.75) is 19.3 Å². The summed E-state index contributed by atoms with van der Waals surface area (Å²) in [7, 11) is 55.6. The molecule has 0 spiro atoms. The van der Waals surface area contributed by atoms with Crippen molar-refractivity contribution in [3.05, 3.63) is 132 Å². The van der Waals surface area contributed by atoms with Crippen LogP contribution in [0.5, 0.6) is 0 Å². The standard InChI is InChI=1S/C51H26B8O/c1-51(2)32-15-6-5-13-28(32)29-18-17-26(21-33(29)51)23-11-7-12-27(19-23)36-39-41(45(54)49(58)47(56)43(39)52)38(42-40(36)44(53)48(57)50(59)46(42)55)30-14-8-16-34-37(30)31-20-24-9-3-4-10-25(24)22-35(31)60-34/h3-22H,1-2H3. The van der Waals surface area contributed by atoms with Gasteiger partial charge in [-0.3, -0.25) is 0 Å². The molecular formula is C51H26B8O. The van der Waals surface area contributed by atoms with Gasteiger partial charge in [0.1, 0.15) is 73.9 Å². The van der Waals surface area contributed by atoms with Gasteiger partial charge in [-0.25, -0.2) is 0 Å². The number of furan rings is 1. The third-order valence-corrected chi connectivity index (χ3v) is 13.0. The van der Waals surface area contributed by atoms with Gasteiger partial charge in [0.25, 0.3) is 0 Å². The van der Waals surface area contributed by atoms with E-state index >= 15 is 0 Å². The van der Waals surface area contributed by atoms with Crippen LogP contribution in [-0.2, 0) is 5.41 Å². The summed E-state index contributed by atoms with van der Waals surface area (Å²) < 4.78 is 6.55. The zero-order valence-electron chi connectivity index (χ0n) is 33.1. The molecule has 9 aromatic carbocycles. The van der Waals surface area contributed by atoms with Gasteiger partial charge in [0.2, 0.25) is 0 Å². The quantitative estimate of drug-likeness (QED) is 0.189. The van der Waals surface area contributed by atoms with Gasteiger partial charge in [-0.05, 0) is 118 Å². The van der Waals surface area contributed by atoms with Crippen molar-refractivity contribution in [3.63, 3.8) is 0 Å². The molecule has 0 unspecified atom stereocenters. The summed E-state index contributed by atoms with van der Waals surface area (Å²) in [5.74, 6) is 0. The van der Waals surface area contributed by atoms with Gasteiger partial charge in [0.15, 0.2) is 0 Å². The predicted octanol–water partition coefficient (Wildman–Crippen LogP) is 4.70. The molecule has 60 heavy (non-hydrogen) atoms. The van der Waals surface area contributed by atoms with Crippen LogP contribution in [0.4, 0.5) is 0 Å². The molecule has 1 aliphatic carbocycles. The highest BCUT2D eigenvalue weighted by Crippen LogP contribution is 2.50. The van der Waals surface area contributed by atoms with Gasteiger partial charge in [0.05, 0.1) is 0 Å². The van der Waals surface area contributed by atoms with E-state index in [2.05, 4.69) is 92.7 Å². The minimum absolute atomic E-state index is 0.159. The Kier molecular flexibility index (Phi) is 8.06. The van der Waals surface area contributed by atoms with Crippen molar-refractivity contribution in [3.8, 4) is 44.5 Å². The Morgan fingerprint density at radius 1 is 0.367 bits per heavy atom. The SMILES string of the molecule is [B]c1c([B])c([B])c2c(-c3cccc4oc5cc6ccccc6cc5c34)c3c([B])c([B])c([B])c([B])c3c(-c3cccc(-c4ccc5c(c4)C(C)(C)c4ccccc4-5)c3)c2c1[B]. The van der Waals surface area contributed by atoms with Crippen LogP contribution in [0.1, 0.15) is 25.0 Å². The van der Waals surface area contributed by atoms with E-state index in [4.69, 9.17) is 67.2 Å². The molecular weight excluding hydrogens is 715 g/mol. The Balaban J connectivity index is 1.27. The second-order valence-electron chi connectivity index (χ2n) is 16.5. The summed E-state index contributed by atoms with van der Waals surface area (Å²) in [5.41, 5.74) is 12.8. The fraction of sp³-hybridized carbons (Fsp3) is 0.0588. The fourth-order valence-corrected chi connectivity index (χ4v) is 9.96. The Bertz CT molecular complexity index is 3480. The van der Waals surface area contributed by atoms with Crippen molar-refractivity contribution in [1.29, 1.82) is 0 Å². The van der Waals surface area contributed by atoms with Gasteiger partial charge < -0.3 is 4.42 Å². The van der Waals surface area contributed by atoms with Crippen molar-refractivity contribution >= 4 is 161 Å². The number of fused-ring (bicyclic) bond motifs is 9. The molecule has 16 radical (unpaired) electrons. The molecule has 1 heterocycles. The molecule has 260 valence electrons. The van der Waals surface area contributed by atoms with Crippen molar-refractivity contribution in [1.82, 2.24) is 0 Å². The zero-order valence-corrected chi connectivity index (χ0v) is 33.1. The zero-order chi connectivity index (χ0) is 41.5. The molecule has 10 aromatic rings. The van der Waals surface area contributed by atoms with E-state index in [0.717, 1.165) is 49.4 Å². The number of hydrogen-bond acceptors (Lipinski definition) is 1. The van der Waals surface area contributed by atoms with E-state index in [1.54, 1.807) is 0 Å². The molecule has 0 bridgehead atoms. The van der Waals surface area contributed by atoms with E-state index < -0.39 is 0 Å². The smallest absolute Gasteiger partial charge is 0.136 e. The maximum absolute atomic E-state index is 7.15. The Labute approximate surface area is 359 Å². The Morgan fingerprint density at radius 3 is 1.55 bits per heavy atom. The largest absolute Gasteiger partial charge is 0.456 e. The molecule has 0 saturated carbocycles. The molecule has 0 atom stereocenters. The van der Waals surface area contributed by atoms with Crippen LogP contribution in [0, 0.1) is 0 Å². The molecule has 0 fully saturated rings. The predicted molar refractivity (Wildman–Crippen MR) is 263 cm³/mol. The number of rotatable bonds is 3. The molecule has 0 amide bonds. The number of benzene rings is 9. The van der Waals surface area contributed by atoms with Crippen LogP contribution in [0.15, 0.2) is 126 Å². The second kappa shape index (κ2) is 13.0.